The van der Waals surface area contributed by atoms with Crippen LogP contribution in [-0.2, 0) is 9.53 Å². The van der Waals surface area contributed by atoms with Crippen LogP contribution in [0.15, 0.2) is 28.1 Å². The lowest BCUT2D eigenvalue weighted by molar-refractivity contribution is -0.142. The van der Waals surface area contributed by atoms with Gasteiger partial charge in [0.25, 0.3) is 0 Å². The van der Waals surface area contributed by atoms with E-state index in [9.17, 15) is 4.79 Å². The molecule has 0 aliphatic carbocycles. The molecule has 0 aromatic carbocycles. The van der Waals surface area contributed by atoms with Gasteiger partial charge in [-0.3, -0.25) is 4.79 Å². The summed E-state index contributed by atoms with van der Waals surface area (Å²) in [4.78, 5) is 17.3. The summed E-state index contributed by atoms with van der Waals surface area (Å²) in [6.07, 6.45) is 5.20. The number of thioether (sulfide) groups is 4. The van der Waals surface area contributed by atoms with Crippen LogP contribution in [0.25, 0.3) is 0 Å². The van der Waals surface area contributed by atoms with Gasteiger partial charge in [-0.1, -0.05) is 75.1 Å². The molecule has 0 N–H and O–H groups in total. The second kappa shape index (κ2) is 10.5. The standard InChI is InChI=1S/C18H24O2S6/c1-11-12(2)23-17(22-11)18-24-13(3)15(25-18)10-20-16(19)7-5-4-6-14-8-9-21-26-14/h14H,4-10H2,1-3H3. The van der Waals surface area contributed by atoms with Crippen LogP contribution in [-0.4, -0.2) is 23.6 Å². The van der Waals surface area contributed by atoms with Crippen LogP contribution < -0.4 is 0 Å². The van der Waals surface area contributed by atoms with Gasteiger partial charge in [0, 0.05) is 27.2 Å². The average Bonchev–Trinajstić information content (AvgIpc) is 3.32. The number of allylic oxidation sites excluding steroid dienone is 3. The Morgan fingerprint density at radius 1 is 1.00 bits per heavy atom. The zero-order valence-corrected chi connectivity index (χ0v) is 20.2. The minimum absolute atomic E-state index is 0.0524. The molecule has 3 aliphatic heterocycles. The highest BCUT2D eigenvalue weighted by atomic mass is 33.1. The molecule has 26 heavy (non-hydrogen) atoms. The Balaban J connectivity index is 1.36. The van der Waals surface area contributed by atoms with E-state index < -0.39 is 0 Å². The number of unbranched alkanes of at least 4 members (excludes halogenated alkanes) is 1. The number of esters is 1. The van der Waals surface area contributed by atoms with Gasteiger partial charge in [0.1, 0.15) is 6.61 Å². The molecule has 8 heteroatoms. The highest BCUT2D eigenvalue weighted by molar-refractivity contribution is 8.77. The highest BCUT2D eigenvalue weighted by Crippen LogP contribution is 2.59. The Hall–Kier alpha value is 0.790. The predicted molar refractivity (Wildman–Crippen MR) is 126 cm³/mol. The monoisotopic (exact) mass is 464 g/mol. The summed E-state index contributed by atoms with van der Waals surface area (Å²) in [5, 5.41) is 0.801. The lowest BCUT2D eigenvalue weighted by Gasteiger charge is -2.08. The van der Waals surface area contributed by atoms with Crippen molar-refractivity contribution in [3.05, 3.63) is 28.1 Å². The first kappa shape index (κ1) is 21.5. The lowest BCUT2D eigenvalue weighted by Crippen LogP contribution is -2.07. The van der Waals surface area contributed by atoms with Crippen LogP contribution in [0.3, 0.4) is 0 Å². The van der Waals surface area contributed by atoms with E-state index in [0.717, 1.165) is 18.1 Å². The summed E-state index contributed by atoms with van der Waals surface area (Å²) in [7, 11) is 4.00. The van der Waals surface area contributed by atoms with Crippen LogP contribution in [0, 0.1) is 0 Å². The molecule has 3 rings (SSSR count). The quantitative estimate of drug-likeness (QED) is 0.214. The van der Waals surface area contributed by atoms with Gasteiger partial charge in [0.15, 0.2) is 0 Å². The zero-order valence-electron chi connectivity index (χ0n) is 15.3. The number of ether oxygens (including phenoxy) is 1. The molecule has 0 saturated carbocycles. The summed E-state index contributed by atoms with van der Waals surface area (Å²) in [5.74, 6) is 1.23. The van der Waals surface area contributed by atoms with Crippen molar-refractivity contribution in [1.29, 1.82) is 0 Å². The molecule has 1 atom stereocenters. The second-order valence-electron chi connectivity index (χ2n) is 6.31. The van der Waals surface area contributed by atoms with Crippen LogP contribution in [0.5, 0.6) is 0 Å². The van der Waals surface area contributed by atoms with Gasteiger partial charge >= 0.3 is 5.97 Å². The van der Waals surface area contributed by atoms with Gasteiger partial charge in [0.2, 0.25) is 0 Å². The minimum Gasteiger partial charge on any atom is -0.460 e. The molecule has 1 unspecified atom stereocenters. The van der Waals surface area contributed by atoms with E-state index >= 15 is 0 Å². The topological polar surface area (TPSA) is 26.3 Å². The molecule has 0 spiro atoms. The molecule has 0 amide bonds. The van der Waals surface area contributed by atoms with Crippen molar-refractivity contribution in [3.8, 4) is 0 Å². The third-order valence-corrected chi connectivity index (χ3v) is 13.0. The van der Waals surface area contributed by atoms with Crippen LogP contribution in [0.4, 0.5) is 0 Å². The van der Waals surface area contributed by atoms with E-state index in [1.165, 1.54) is 46.7 Å². The van der Waals surface area contributed by atoms with Gasteiger partial charge in [-0.15, -0.1) is 0 Å². The molecule has 1 saturated heterocycles. The number of hydrogen-bond acceptors (Lipinski definition) is 8. The smallest absolute Gasteiger partial charge is 0.306 e. The second-order valence-corrected chi connectivity index (χ2v) is 14.4. The summed E-state index contributed by atoms with van der Waals surface area (Å²) >= 11 is 7.33. The molecular formula is C18H24O2S6. The molecule has 0 aromatic rings. The van der Waals surface area contributed by atoms with Crippen molar-refractivity contribution in [1.82, 2.24) is 0 Å². The first-order valence-electron chi connectivity index (χ1n) is 8.79. The van der Waals surface area contributed by atoms with Gasteiger partial charge in [-0.2, -0.15) is 0 Å². The van der Waals surface area contributed by atoms with Gasteiger partial charge < -0.3 is 4.74 Å². The van der Waals surface area contributed by atoms with Gasteiger partial charge in [-0.05, 0) is 49.8 Å². The number of rotatable bonds is 7. The Morgan fingerprint density at radius 2 is 1.69 bits per heavy atom. The van der Waals surface area contributed by atoms with E-state index in [4.69, 9.17) is 4.74 Å². The molecule has 3 aliphatic rings. The largest absolute Gasteiger partial charge is 0.460 e. The van der Waals surface area contributed by atoms with E-state index in [0.29, 0.717) is 13.0 Å². The van der Waals surface area contributed by atoms with Crippen LogP contribution >= 0.6 is 68.6 Å². The Kier molecular flexibility index (Phi) is 8.71. The predicted octanol–water partition coefficient (Wildman–Crippen LogP) is 7.81. The van der Waals surface area contributed by atoms with Crippen LogP contribution in [0.1, 0.15) is 52.9 Å². The average molecular weight is 465 g/mol. The Labute approximate surface area is 181 Å². The molecule has 0 radical (unpaired) electrons. The van der Waals surface area contributed by atoms with Crippen molar-refractivity contribution < 1.29 is 9.53 Å². The molecule has 0 aromatic heterocycles. The zero-order chi connectivity index (χ0) is 18.5. The molecular weight excluding hydrogens is 441 g/mol. The number of carbonyl (C=O) groups excluding carboxylic acids is 1. The maximum absolute atomic E-state index is 12.0. The SMILES string of the molecule is CC1=C(C)SC(=C2SC(C)=C(COC(=O)CCCCC3CCSS3)S2)S1. The molecule has 2 nitrogen and oxygen atoms in total. The van der Waals surface area contributed by atoms with Crippen molar-refractivity contribution in [2.75, 3.05) is 12.4 Å². The minimum atomic E-state index is -0.0524. The number of carbonyl (C=O) groups is 1. The lowest BCUT2D eigenvalue weighted by atomic mass is 10.1. The molecule has 144 valence electrons. The maximum Gasteiger partial charge on any atom is 0.306 e. The summed E-state index contributed by atoms with van der Waals surface area (Å²) in [6.45, 7) is 6.91. The Bertz CT molecular complexity index is 630. The van der Waals surface area contributed by atoms with Gasteiger partial charge in [-0.25, -0.2) is 0 Å². The number of hydrogen-bond donors (Lipinski definition) is 0. The Morgan fingerprint density at radius 3 is 2.38 bits per heavy atom. The first-order chi connectivity index (χ1) is 12.5. The highest BCUT2D eigenvalue weighted by Gasteiger charge is 2.26. The van der Waals surface area contributed by atoms with E-state index in [1.807, 2.05) is 56.9 Å². The summed E-state index contributed by atoms with van der Waals surface area (Å²) in [6, 6.07) is 0. The maximum atomic E-state index is 12.0. The third-order valence-electron chi connectivity index (χ3n) is 4.26. The van der Waals surface area contributed by atoms with Crippen molar-refractivity contribution in [3.63, 3.8) is 0 Å². The molecule has 1 fully saturated rings. The van der Waals surface area contributed by atoms with E-state index in [1.54, 1.807) is 11.8 Å². The van der Waals surface area contributed by atoms with Gasteiger partial charge in [0.05, 0.1) is 8.47 Å². The normalized spacial score (nSPS) is 23.6. The molecule has 3 heterocycles. The molecule has 0 bridgehead atoms. The van der Waals surface area contributed by atoms with E-state index in [2.05, 4.69) is 20.8 Å². The van der Waals surface area contributed by atoms with Crippen molar-refractivity contribution in [2.45, 2.75) is 58.1 Å². The summed E-state index contributed by atoms with van der Waals surface area (Å²) < 4.78 is 8.25. The van der Waals surface area contributed by atoms with Crippen molar-refractivity contribution >= 4 is 74.6 Å². The fourth-order valence-corrected chi connectivity index (χ4v) is 11.0. The summed E-state index contributed by atoms with van der Waals surface area (Å²) in [5.41, 5.74) is 0. The van der Waals surface area contributed by atoms with Crippen molar-refractivity contribution in [2.24, 2.45) is 0 Å². The van der Waals surface area contributed by atoms with Crippen LogP contribution in [0.2, 0.25) is 0 Å². The third kappa shape index (κ3) is 6.14. The van der Waals surface area contributed by atoms with E-state index in [-0.39, 0.29) is 5.97 Å². The fourth-order valence-electron chi connectivity index (χ4n) is 2.56. The fraction of sp³-hybridized carbons (Fsp3) is 0.611. The first-order valence-corrected chi connectivity index (χ1v) is 14.4.